The van der Waals surface area contributed by atoms with E-state index in [9.17, 15) is 5.11 Å². The van der Waals surface area contributed by atoms with Gasteiger partial charge in [-0.3, -0.25) is 0 Å². The summed E-state index contributed by atoms with van der Waals surface area (Å²) in [6.45, 7) is 6.90. The molecule has 92 valence electrons. The maximum atomic E-state index is 9.57. The van der Waals surface area contributed by atoms with Gasteiger partial charge in [0.1, 0.15) is 0 Å². The molecule has 0 aliphatic rings. The fraction of sp³-hybridized carbons (Fsp3) is 1.00. The van der Waals surface area contributed by atoms with E-state index >= 15 is 0 Å². The average molecular weight is 218 g/mol. The molecule has 0 bridgehead atoms. The van der Waals surface area contributed by atoms with Crippen LogP contribution in [0.4, 0.5) is 0 Å². The predicted octanol–water partition coefficient (Wildman–Crippen LogP) is 3.06. The van der Waals surface area contributed by atoms with Crippen molar-refractivity contribution >= 4 is 0 Å². The number of aliphatic hydroxyl groups is 1. The molecule has 2 atom stereocenters. The summed E-state index contributed by atoms with van der Waals surface area (Å²) in [6, 6.07) is 0. The first-order chi connectivity index (χ1) is 7.24. The van der Waals surface area contributed by atoms with E-state index in [0.29, 0.717) is 13.0 Å². The van der Waals surface area contributed by atoms with Crippen molar-refractivity contribution in [2.45, 2.75) is 71.9 Å². The van der Waals surface area contributed by atoms with E-state index in [4.69, 9.17) is 9.47 Å². The quantitative estimate of drug-likeness (QED) is 0.452. The SMILES string of the molecule is CCCCCC(O)OC(CC)OCCC. The Morgan fingerprint density at radius 1 is 1.07 bits per heavy atom. The zero-order valence-electron chi connectivity index (χ0n) is 10.4. The summed E-state index contributed by atoms with van der Waals surface area (Å²) < 4.78 is 10.8. The summed E-state index contributed by atoms with van der Waals surface area (Å²) >= 11 is 0. The molecule has 0 saturated heterocycles. The minimum Gasteiger partial charge on any atom is -0.368 e. The Morgan fingerprint density at radius 3 is 2.33 bits per heavy atom. The molecular weight excluding hydrogens is 192 g/mol. The average Bonchev–Trinajstić information content (AvgIpc) is 2.24. The molecule has 2 unspecified atom stereocenters. The highest BCUT2D eigenvalue weighted by Crippen LogP contribution is 2.09. The van der Waals surface area contributed by atoms with Gasteiger partial charge in [0, 0.05) is 6.61 Å². The van der Waals surface area contributed by atoms with Crippen molar-refractivity contribution in [3.8, 4) is 0 Å². The van der Waals surface area contributed by atoms with Gasteiger partial charge in [-0.15, -0.1) is 0 Å². The number of rotatable bonds is 10. The number of ether oxygens (including phenoxy) is 2. The highest BCUT2D eigenvalue weighted by Gasteiger charge is 2.12. The van der Waals surface area contributed by atoms with Crippen LogP contribution in [0, 0.1) is 0 Å². The Bertz CT molecular complexity index is 128. The van der Waals surface area contributed by atoms with E-state index < -0.39 is 6.29 Å². The Hall–Kier alpha value is -0.120. The summed E-state index contributed by atoms with van der Waals surface area (Å²) in [4.78, 5) is 0. The predicted molar refractivity (Wildman–Crippen MR) is 61.6 cm³/mol. The summed E-state index contributed by atoms with van der Waals surface area (Å²) in [7, 11) is 0. The van der Waals surface area contributed by atoms with E-state index in [1.54, 1.807) is 0 Å². The van der Waals surface area contributed by atoms with Crippen LogP contribution in [0.15, 0.2) is 0 Å². The van der Waals surface area contributed by atoms with Crippen LogP contribution in [0.2, 0.25) is 0 Å². The van der Waals surface area contributed by atoms with E-state index in [1.807, 2.05) is 6.92 Å². The van der Waals surface area contributed by atoms with Gasteiger partial charge < -0.3 is 14.6 Å². The Balaban J connectivity index is 3.55. The van der Waals surface area contributed by atoms with E-state index in [2.05, 4.69) is 13.8 Å². The van der Waals surface area contributed by atoms with Crippen molar-refractivity contribution in [1.29, 1.82) is 0 Å². The van der Waals surface area contributed by atoms with Crippen LogP contribution in [0.3, 0.4) is 0 Å². The van der Waals surface area contributed by atoms with Crippen LogP contribution in [-0.4, -0.2) is 24.3 Å². The second kappa shape index (κ2) is 10.4. The smallest absolute Gasteiger partial charge is 0.160 e. The number of unbranched alkanes of at least 4 members (excludes halogenated alkanes) is 2. The lowest BCUT2D eigenvalue weighted by atomic mass is 10.2. The summed E-state index contributed by atoms with van der Waals surface area (Å²) in [5, 5.41) is 9.57. The molecule has 15 heavy (non-hydrogen) atoms. The molecule has 0 aliphatic heterocycles. The molecule has 0 aromatic rings. The van der Waals surface area contributed by atoms with Gasteiger partial charge in [0.05, 0.1) is 0 Å². The van der Waals surface area contributed by atoms with Crippen LogP contribution in [0.1, 0.15) is 59.3 Å². The first-order valence-electron chi connectivity index (χ1n) is 6.19. The van der Waals surface area contributed by atoms with Crippen molar-refractivity contribution in [3.63, 3.8) is 0 Å². The van der Waals surface area contributed by atoms with Crippen molar-refractivity contribution in [3.05, 3.63) is 0 Å². The lowest BCUT2D eigenvalue weighted by Crippen LogP contribution is -2.24. The van der Waals surface area contributed by atoms with E-state index in [0.717, 1.165) is 32.1 Å². The molecule has 0 radical (unpaired) electrons. The highest BCUT2D eigenvalue weighted by atomic mass is 16.7. The third-order valence-electron chi connectivity index (χ3n) is 2.20. The zero-order chi connectivity index (χ0) is 11.5. The molecule has 0 aromatic heterocycles. The molecule has 0 spiro atoms. The molecule has 0 saturated carbocycles. The molecule has 0 aromatic carbocycles. The Labute approximate surface area is 93.8 Å². The molecule has 1 N–H and O–H groups in total. The molecule has 0 rings (SSSR count). The minimum atomic E-state index is -0.668. The topological polar surface area (TPSA) is 38.7 Å². The van der Waals surface area contributed by atoms with Crippen LogP contribution in [0.25, 0.3) is 0 Å². The van der Waals surface area contributed by atoms with Gasteiger partial charge in [0.25, 0.3) is 0 Å². The number of hydrogen-bond acceptors (Lipinski definition) is 3. The largest absolute Gasteiger partial charge is 0.368 e. The van der Waals surface area contributed by atoms with E-state index in [-0.39, 0.29) is 6.29 Å². The molecular formula is C12H26O3. The maximum absolute atomic E-state index is 9.57. The second-order valence-electron chi connectivity index (χ2n) is 3.80. The third-order valence-corrected chi connectivity index (χ3v) is 2.20. The standard InChI is InChI=1S/C12H26O3/c1-4-7-8-9-11(13)15-12(6-3)14-10-5-2/h11-13H,4-10H2,1-3H3. The minimum absolute atomic E-state index is 0.249. The summed E-state index contributed by atoms with van der Waals surface area (Å²) in [5.74, 6) is 0. The first-order valence-corrected chi connectivity index (χ1v) is 6.19. The molecule has 0 aliphatic carbocycles. The Kier molecular flexibility index (Phi) is 10.3. The van der Waals surface area contributed by atoms with Gasteiger partial charge in [0.15, 0.2) is 12.6 Å². The van der Waals surface area contributed by atoms with Crippen LogP contribution >= 0.6 is 0 Å². The lowest BCUT2D eigenvalue weighted by Gasteiger charge is -2.20. The molecule has 3 heteroatoms. The van der Waals surface area contributed by atoms with Crippen molar-refractivity contribution in [2.75, 3.05) is 6.61 Å². The summed E-state index contributed by atoms with van der Waals surface area (Å²) in [5.41, 5.74) is 0. The number of aliphatic hydroxyl groups excluding tert-OH is 1. The van der Waals surface area contributed by atoms with Gasteiger partial charge in [-0.2, -0.15) is 0 Å². The molecule has 0 fully saturated rings. The van der Waals surface area contributed by atoms with Crippen molar-refractivity contribution < 1.29 is 14.6 Å². The van der Waals surface area contributed by atoms with Gasteiger partial charge in [0.2, 0.25) is 0 Å². The van der Waals surface area contributed by atoms with Crippen LogP contribution < -0.4 is 0 Å². The highest BCUT2D eigenvalue weighted by molar-refractivity contribution is 4.47. The molecule has 0 heterocycles. The van der Waals surface area contributed by atoms with Gasteiger partial charge in [-0.05, 0) is 25.7 Å². The molecule has 0 amide bonds. The van der Waals surface area contributed by atoms with Crippen LogP contribution in [0.5, 0.6) is 0 Å². The lowest BCUT2D eigenvalue weighted by molar-refractivity contribution is -0.230. The van der Waals surface area contributed by atoms with Gasteiger partial charge in [-0.1, -0.05) is 33.6 Å². The molecule has 3 nitrogen and oxygen atoms in total. The third kappa shape index (κ3) is 8.85. The van der Waals surface area contributed by atoms with Gasteiger partial charge >= 0.3 is 0 Å². The second-order valence-corrected chi connectivity index (χ2v) is 3.80. The van der Waals surface area contributed by atoms with Gasteiger partial charge in [-0.25, -0.2) is 0 Å². The number of hydrogen-bond donors (Lipinski definition) is 1. The summed E-state index contributed by atoms with van der Waals surface area (Å²) in [6.07, 6.45) is 4.88. The Morgan fingerprint density at radius 2 is 1.80 bits per heavy atom. The monoisotopic (exact) mass is 218 g/mol. The normalized spacial score (nSPS) is 15.2. The fourth-order valence-corrected chi connectivity index (χ4v) is 1.31. The fourth-order valence-electron chi connectivity index (χ4n) is 1.31. The first kappa shape index (κ1) is 14.9. The maximum Gasteiger partial charge on any atom is 0.160 e. The van der Waals surface area contributed by atoms with Crippen molar-refractivity contribution in [1.82, 2.24) is 0 Å². The van der Waals surface area contributed by atoms with Crippen molar-refractivity contribution in [2.24, 2.45) is 0 Å². The zero-order valence-corrected chi connectivity index (χ0v) is 10.4. The van der Waals surface area contributed by atoms with E-state index in [1.165, 1.54) is 0 Å². The van der Waals surface area contributed by atoms with Crippen LogP contribution in [-0.2, 0) is 9.47 Å².